The number of benzene rings is 3. The number of ether oxygens (including phenoxy) is 3. The topological polar surface area (TPSA) is 30.9 Å². The van der Waals surface area contributed by atoms with Gasteiger partial charge in [0.2, 0.25) is 0 Å². The first-order valence-electron chi connectivity index (χ1n) is 15.0. The van der Waals surface area contributed by atoms with Crippen molar-refractivity contribution in [2.75, 3.05) is 58.6 Å². The van der Waals surface area contributed by atoms with E-state index in [9.17, 15) is 0 Å². The zero-order chi connectivity index (χ0) is 28.4. The van der Waals surface area contributed by atoms with Gasteiger partial charge in [0, 0.05) is 38.4 Å². The van der Waals surface area contributed by atoms with Crippen molar-refractivity contribution in [3.05, 3.63) is 88.5 Å². The van der Waals surface area contributed by atoms with Crippen molar-refractivity contribution in [3.63, 3.8) is 0 Å². The molecule has 0 aromatic heterocycles. The lowest BCUT2D eigenvalue weighted by Crippen LogP contribution is -2.23. The highest BCUT2D eigenvalue weighted by Crippen LogP contribution is 2.53. The highest BCUT2D eigenvalue weighted by Gasteiger charge is 2.40. The van der Waals surface area contributed by atoms with Gasteiger partial charge in [0.15, 0.2) is 0 Å². The summed E-state index contributed by atoms with van der Waals surface area (Å²) in [5, 5.41) is 0. The first kappa shape index (κ1) is 30.0. The predicted molar refractivity (Wildman–Crippen MR) is 169 cm³/mol. The maximum atomic E-state index is 5.80. The molecule has 3 aromatic rings. The molecule has 0 aliphatic heterocycles. The molecule has 0 unspecified atom stereocenters. The second kappa shape index (κ2) is 14.6. The van der Waals surface area contributed by atoms with Crippen LogP contribution in [0.3, 0.4) is 0 Å². The third-order valence-electron chi connectivity index (χ3n) is 8.24. The van der Waals surface area contributed by atoms with Gasteiger partial charge in [-0.2, -0.15) is 0 Å². The lowest BCUT2D eigenvalue weighted by molar-refractivity contribution is 0.0166. The lowest BCUT2D eigenvalue weighted by atomic mass is 9.73. The number of fused-ring (bicyclic) bond motifs is 3. The van der Waals surface area contributed by atoms with Crippen LogP contribution in [0.4, 0.5) is 5.69 Å². The molecule has 1 aliphatic rings. The molecule has 0 spiro atoms. The summed E-state index contributed by atoms with van der Waals surface area (Å²) in [5.74, 6) is 0. The largest absolute Gasteiger partial charge is 0.379 e. The molecule has 4 nitrogen and oxygen atoms in total. The number of anilines is 1. The number of rotatable bonds is 16. The summed E-state index contributed by atoms with van der Waals surface area (Å²) >= 11 is 0. The molecular formula is C36H47NO3. The summed E-state index contributed by atoms with van der Waals surface area (Å²) < 4.78 is 16.6. The van der Waals surface area contributed by atoms with Crippen LogP contribution in [0.15, 0.2) is 60.7 Å². The highest BCUT2D eigenvalue weighted by atomic mass is 16.5. The monoisotopic (exact) mass is 541 g/mol. The van der Waals surface area contributed by atoms with Gasteiger partial charge in [0.25, 0.3) is 0 Å². The van der Waals surface area contributed by atoms with E-state index in [4.69, 9.17) is 14.2 Å². The minimum Gasteiger partial charge on any atom is -0.379 e. The van der Waals surface area contributed by atoms with Crippen LogP contribution in [0, 0.1) is 0 Å². The average molecular weight is 542 g/mol. The van der Waals surface area contributed by atoms with Crippen LogP contribution >= 0.6 is 0 Å². The number of nitrogens with zero attached hydrogens (tertiary/aromatic N) is 1. The standard InChI is InChI=1S/C36H47NO3/c1-6-36(7-2)34-26-29(10-9-21-39-24-25-40-23-22-38-8-3)15-19-32(34)33-20-16-30(27-35(33)36)12-11-28-13-17-31(18-14-28)37(4)5/h11-20,26-27H,6-10,21-25H2,1-5H3/b12-11+. The Hall–Kier alpha value is -2.92. The molecule has 40 heavy (non-hydrogen) atoms. The quantitative estimate of drug-likeness (QED) is 0.136. The Balaban J connectivity index is 1.41. The van der Waals surface area contributed by atoms with Crippen molar-refractivity contribution >= 4 is 17.8 Å². The number of hydrogen-bond acceptors (Lipinski definition) is 4. The van der Waals surface area contributed by atoms with E-state index in [1.165, 1.54) is 44.6 Å². The Morgan fingerprint density at radius 1 is 0.650 bits per heavy atom. The van der Waals surface area contributed by atoms with Crippen molar-refractivity contribution in [2.45, 2.75) is 51.9 Å². The van der Waals surface area contributed by atoms with E-state index in [-0.39, 0.29) is 5.41 Å². The molecule has 0 atom stereocenters. The fourth-order valence-corrected chi connectivity index (χ4v) is 5.87. The van der Waals surface area contributed by atoms with E-state index in [2.05, 4.69) is 106 Å². The van der Waals surface area contributed by atoms with Gasteiger partial charge >= 0.3 is 0 Å². The van der Waals surface area contributed by atoms with Crippen molar-refractivity contribution in [3.8, 4) is 11.1 Å². The van der Waals surface area contributed by atoms with E-state index in [0.717, 1.165) is 38.9 Å². The third kappa shape index (κ3) is 7.04. The summed E-state index contributed by atoms with van der Waals surface area (Å²) in [6, 6.07) is 22.9. The van der Waals surface area contributed by atoms with E-state index in [1.54, 1.807) is 0 Å². The summed E-state index contributed by atoms with van der Waals surface area (Å²) in [6.07, 6.45) is 8.70. The minimum absolute atomic E-state index is 0.0627. The van der Waals surface area contributed by atoms with Crippen molar-refractivity contribution in [1.29, 1.82) is 0 Å². The van der Waals surface area contributed by atoms with Crippen LogP contribution in [0.1, 0.15) is 67.9 Å². The maximum absolute atomic E-state index is 5.80. The Bertz CT molecular complexity index is 1240. The SMILES string of the molecule is CCOCCOCCOCCCc1ccc2c(c1)C(CC)(CC)c1cc(/C=C/c3ccc(N(C)C)cc3)ccc1-2. The van der Waals surface area contributed by atoms with E-state index in [1.807, 2.05) is 6.92 Å². The van der Waals surface area contributed by atoms with Crippen molar-refractivity contribution in [2.24, 2.45) is 0 Å². The number of hydrogen-bond donors (Lipinski definition) is 0. The van der Waals surface area contributed by atoms with E-state index < -0.39 is 0 Å². The van der Waals surface area contributed by atoms with Crippen LogP contribution in [0.5, 0.6) is 0 Å². The summed E-state index contributed by atoms with van der Waals surface area (Å²) in [4.78, 5) is 2.13. The zero-order valence-corrected chi connectivity index (χ0v) is 25.2. The smallest absolute Gasteiger partial charge is 0.0701 e. The van der Waals surface area contributed by atoms with E-state index >= 15 is 0 Å². The molecule has 214 valence electrons. The molecule has 0 saturated carbocycles. The minimum atomic E-state index is 0.0627. The molecule has 0 fully saturated rings. The molecule has 1 aliphatic carbocycles. The predicted octanol–water partition coefficient (Wildman–Crippen LogP) is 8.01. The molecule has 0 bridgehead atoms. The molecule has 0 heterocycles. The Labute approximate surface area is 242 Å². The van der Waals surface area contributed by atoms with Crippen LogP contribution in [0.25, 0.3) is 23.3 Å². The fraction of sp³-hybridized carbons (Fsp3) is 0.444. The highest BCUT2D eigenvalue weighted by molar-refractivity contribution is 5.83. The van der Waals surface area contributed by atoms with Gasteiger partial charge in [0.1, 0.15) is 0 Å². The summed E-state index contributed by atoms with van der Waals surface area (Å²) in [5.41, 5.74) is 10.9. The van der Waals surface area contributed by atoms with Gasteiger partial charge in [-0.05, 0) is 83.7 Å². The molecule has 4 rings (SSSR count). The van der Waals surface area contributed by atoms with Gasteiger partial charge in [-0.3, -0.25) is 0 Å². The Morgan fingerprint density at radius 3 is 1.88 bits per heavy atom. The zero-order valence-electron chi connectivity index (χ0n) is 25.2. The second-order valence-corrected chi connectivity index (χ2v) is 10.8. The fourth-order valence-electron chi connectivity index (χ4n) is 5.87. The normalized spacial score (nSPS) is 13.5. The average Bonchev–Trinajstić information content (AvgIpc) is 3.25. The Morgan fingerprint density at radius 2 is 1.23 bits per heavy atom. The number of aryl methyl sites for hydroxylation is 1. The van der Waals surface area contributed by atoms with Crippen LogP contribution in [-0.2, 0) is 26.0 Å². The third-order valence-corrected chi connectivity index (χ3v) is 8.24. The van der Waals surface area contributed by atoms with Crippen molar-refractivity contribution < 1.29 is 14.2 Å². The maximum Gasteiger partial charge on any atom is 0.0701 e. The molecule has 0 N–H and O–H groups in total. The molecule has 4 heteroatoms. The van der Waals surface area contributed by atoms with Gasteiger partial charge in [-0.15, -0.1) is 0 Å². The van der Waals surface area contributed by atoms with Crippen LogP contribution in [-0.4, -0.2) is 53.7 Å². The summed E-state index contributed by atoms with van der Waals surface area (Å²) in [6.45, 7) is 10.7. The van der Waals surface area contributed by atoms with E-state index in [0.29, 0.717) is 26.4 Å². The first-order valence-corrected chi connectivity index (χ1v) is 15.0. The van der Waals surface area contributed by atoms with Crippen LogP contribution < -0.4 is 4.90 Å². The lowest BCUT2D eigenvalue weighted by Gasteiger charge is -2.30. The second-order valence-electron chi connectivity index (χ2n) is 10.8. The van der Waals surface area contributed by atoms with Gasteiger partial charge in [-0.25, -0.2) is 0 Å². The van der Waals surface area contributed by atoms with Crippen LogP contribution in [0.2, 0.25) is 0 Å². The molecule has 0 amide bonds. The Kier molecular flexibility index (Phi) is 11.0. The van der Waals surface area contributed by atoms with Gasteiger partial charge < -0.3 is 19.1 Å². The van der Waals surface area contributed by atoms with Crippen molar-refractivity contribution in [1.82, 2.24) is 0 Å². The molecular weight excluding hydrogens is 494 g/mol. The molecule has 0 radical (unpaired) electrons. The first-order chi connectivity index (χ1) is 19.5. The molecule has 3 aromatic carbocycles. The summed E-state index contributed by atoms with van der Waals surface area (Å²) in [7, 11) is 4.15. The van der Waals surface area contributed by atoms with Gasteiger partial charge in [0.05, 0.1) is 26.4 Å². The molecule has 0 saturated heterocycles. The van der Waals surface area contributed by atoms with Gasteiger partial charge in [-0.1, -0.05) is 74.5 Å².